The highest BCUT2D eigenvalue weighted by Crippen LogP contribution is 2.13. The molecule has 0 saturated heterocycles. The summed E-state index contributed by atoms with van der Waals surface area (Å²) in [5.41, 5.74) is 2.09. The number of para-hydroxylation sites is 1. The smallest absolute Gasteiger partial charge is 0.122 e. The van der Waals surface area contributed by atoms with Gasteiger partial charge in [-0.15, -0.1) is 0 Å². The number of aryl methyl sites for hydroxylation is 1. The van der Waals surface area contributed by atoms with Gasteiger partial charge in [0.25, 0.3) is 0 Å². The summed E-state index contributed by atoms with van der Waals surface area (Å²) in [6, 6.07) is 12.2. The molecule has 0 N–H and O–H groups in total. The van der Waals surface area contributed by atoms with E-state index in [1.54, 1.807) is 0 Å². The van der Waals surface area contributed by atoms with Crippen molar-refractivity contribution in [1.29, 1.82) is 0 Å². The number of nitrogens with zero attached hydrogens (tertiary/aromatic N) is 1. The molecule has 82 valence electrons. The zero-order chi connectivity index (χ0) is 11.4. The lowest BCUT2D eigenvalue weighted by atomic mass is 10.1. The number of fused-ring (bicyclic) bond motifs is 1. The Morgan fingerprint density at radius 3 is 2.88 bits per heavy atom. The van der Waals surface area contributed by atoms with Crippen molar-refractivity contribution in [2.24, 2.45) is 5.92 Å². The van der Waals surface area contributed by atoms with Crippen LogP contribution < -0.4 is 0 Å². The van der Waals surface area contributed by atoms with E-state index in [2.05, 4.69) is 17.1 Å². The first-order valence-corrected chi connectivity index (χ1v) is 5.59. The topological polar surface area (TPSA) is 30.0 Å². The summed E-state index contributed by atoms with van der Waals surface area (Å²) in [6.07, 6.45) is 2.74. The Kier molecular flexibility index (Phi) is 3.30. The predicted octanol–water partition coefficient (Wildman–Crippen LogP) is 3.00. The minimum Gasteiger partial charge on any atom is -0.303 e. The van der Waals surface area contributed by atoms with Gasteiger partial charge in [-0.2, -0.15) is 0 Å². The van der Waals surface area contributed by atoms with Crippen LogP contribution in [0.2, 0.25) is 0 Å². The number of benzene rings is 1. The van der Waals surface area contributed by atoms with Gasteiger partial charge in [-0.05, 0) is 25.0 Å². The van der Waals surface area contributed by atoms with E-state index >= 15 is 0 Å². The maximum absolute atomic E-state index is 10.5. The van der Waals surface area contributed by atoms with Crippen molar-refractivity contribution in [3.05, 3.63) is 42.1 Å². The van der Waals surface area contributed by atoms with Gasteiger partial charge >= 0.3 is 0 Å². The van der Waals surface area contributed by atoms with Gasteiger partial charge in [0, 0.05) is 17.0 Å². The molecule has 0 spiro atoms. The third-order valence-corrected chi connectivity index (χ3v) is 2.74. The summed E-state index contributed by atoms with van der Waals surface area (Å²) in [5.74, 6) is 0.119. The lowest BCUT2D eigenvalue weighted by Gasteiger charge is -2.04. The SMILES string of the molecule is CC(C=O)CCc1ccc2ccccc2n1. The van der Waals surface area contributed by atoms with Gasteiger partial charge in [0.15, 0.2) is 0 Å². The number of hydrogen-bond acceptors (Lipinski definition) is 2. The van der Waals surface area contributed by atoms with Crippen LogP contribution in [0.4, 0.5) is 0 Å². The first-order valence-electron chi connectivity index (χ1n) is 5.59. The Morgan fingerprint density at radius 1 is 1.25 bits per heavy atom. The quantitative estimate of drug-likeness (QED) is 0.731. The Balaban J connectivity index is 2.16. The molecule has 2 aromatic rings. The van der Waals surface area contributed by atoms with Crippen LogP contribution in [0, 0.1) is 5.92 Å². The molecule has 0 amide bonds. The first kappa shape index (κ1) is 10.8. The monoisotopic (exact) mass is 213 g/mol. The zero-order valence-electron chi connectivity index (χ0n) is 9.39. The van der Waals surface area contributed by atoms with E-state index in [1.807, 2.05) is 31.2 Å². The maximum Gasteiger partial charge on any atom is 0.122 e. The van der Waals surface area contributed by atoms with E-state index in [1.165, 1.54) is 0 Å². The van der Waals surface area contributed by atoms with E-state index in [0.717, 1.165) is 35.7 Å². The molecular formula is C14H15NO. The summed E-state index contributed by atoms with van der Waals surface area (Å²) < 4.78 is 0. The van der Waals surface area contributed by atoms with Crippen LogP contribution in [-0.4, -0.2) is 11.3 Å². The Bertz CT molecular complexity index is 493. The van der Waals surface area contributed by atoms with Crippen molar-refractivity contribution < 1.29 is 4.79 Å². The third kappa shape index (κ3) is 2.45. The van der Waals surface area contributed by atoms with Crippen molar-refractivity contribution in [3.63, 3.8) is 0 Å². The van der Waals surface area contributed by atoms with Crippen molar-refractivity contribution in [2.45, 2.75) is 19.8 Å². The average Bonchev–Trinajstić information content (AvgIpc) is 2.35. The summed E-state index contributed by atoms with van der Waals surface area (Å²) in [5, 5.41) is 1.16. The van der Waals surface area contributed by atoms with Gasteiger partial charge in [0.1, 0.15) is 6.29 Å². The van der Waals surface area contributed by atoms with E-state index in [9.17, 15) is 4.79 Å². The Hall–Kier alpha value is -1.70. The molecule has 0 fully saturated rings. The van der Waals surface area contributed by atoms with Crippen LogP contribution in [0.5, 0.6) is 0 Å². The lowest BCUT2D eigenvalue weighted by Crippen LogP contribution is -1.99. The number of aldehydes is 1. The van der Waals surface area contributed by atoms with Crippen LogP contribution in [0.1, 0.15) is 19.0 Å². The fourth-order valence-corrected chi connectivity index (χ4v) is 1.69. The molecule has 0 bridgehead atoms. The van der Waals surface area contributed by atoms with E-state index in [0.29, 0.717) is 0 Å². The first-order chi connectivity index (χ1) is 7.79. The van der Waals surface area contributed by atoms with Crippen molar-refractivity contribution in [1.82, 2.24) is 4.98 Å². The minimum absolute atomic E-state index is 0.119. The summed E-state index contributed by atoms with van der Waals surface area (Å²) in [4.78, 5) is 15.1. The number of aromatic nitrogens is 1. The fraction of sp³-hybridized carbons (Fsp3) is 0.286. The molecule has 0 aliphatic carbocycles. The average molecular weight is 213 g/mol. The zero-order valence-corrected chi connectivity index (χ0v) is 9.39. The summed E-state index contributed by atoms with van der Waals surface area (Å²) in [7, 11) is 0. The highest BCUT2D eigenvalue weighted by atomic mass is 16.1. The van der Waals surface area contributed by atoms with Crippen LogP contribution in [-0.2, 0) is 11.2 Å². The van der Waals surface area contributed by atoms with Crippen molar-refractivity contribution in [2.75, 3.05) is 0 Å². The van der Waals surface area contributed by atoms with Crippen LogP contribution >= 0.6 is 0 Å². The molecule has 0 aliphatic heterocycles. The van der Waals surface area contributed by atoms with Gasteiger partial charge in [0.05, 0.1) is 5.52 Å². The van der Waals surface area contributed by atoms with Gasteiger partial charge in [-0.3, -0.25) is 4.98 Å². The molecule has 0 saturated carbocycles. The van der Waals surface area contributed by atoms with Gasteiger partial charge in [0.2, 0.25) is 0 Å². The lowest BCUT2D eigenvalue weighted by molar-refractivity contribution is -0.110. The molecular weight excluding hydrogens is 198 g/mol. The van der Waals surface area contributed by atoms with Crippen LogP contribution in [0.3, 0.4) is 0 Å². The highest BCUT2D eigenvalue weighted by molar-refractivity contribution is 5.78. The number of pyridine rings is 1. The molecule has 2 heteroatoms. The third-order valence-electron chi connectivity index (χ3n) is 2.74. The fourth-order valence-electron chi connectivity index (χ4n) is 1.69. The maximum atomic E-state index is 10.5. The number of rotatable bonds is 4. The van der Waals surface area contributed by atoms with Gasteiger partial charge in [-0.25, -0.2) is 0 Å². The molecule has 1 unspecified atom stereocenters. The standard InChI is InChI=1S/C14H15NO/c1-11(10-16)6-8-13-9-7-12-4-2-3-5-14(12)15-13/h2-5,7,9-11H,6,8H2,1H3. The second kappa shape index (κ2) is 4.88. The molecule has 1 atom stereocenters. The molecule has 1 heterocycles. The second-order valence-electron chi connectivity index (χ2n) is 4.15. The molecule has 1 aromatic heterocycles. The van der Waals surface area contributed by atoms with Gasteiger partial charge < -0.3 is 4.79 Å². The van der Waals surface area contributed by atoms with E-state index in [-0.39, 0.29) is 5.92 Å². The normalized spacial score (nSPS) is 12.6. The molecule has 2 rings (SSSR count). The molecule has 2 nitrogen and oxygen atoms in total. The van der Waals surface area contributed by atoms with Crippen LogP contribution in [0.15, 0.2) is 36.4 Å². The predicted molar refractivity (Wildman–Crippen MR) is 65.3 cm³/mol. The van der Waals surface area contributed by atoms with E-state index < -0.39 is 0 Å². The summed E-state index contributed by atoms with van der Waals surface area (Å²) in [6.45, 7) is 1.94. The van der Waals surface area contributed by atoms with E-state index in [4.69, 9.17) is 0 Å². The summed E-state index contributed by atoms with van der Waals surface area (Å²) >= 11 is 0. The highest BCUT2D eigenvalue weighted by Gasteiger charge is 2.02. The van der Waals surface area contributed by atoms with Crippen LogP contribution in [0.25, 0.3) is 10.9 Å². The van der Waals surface area contributed by atoms with Crippen molar-refractivity contribution >= 4 is 17.2 Å². The molecule has 16 heavy (non-hydrogen) atoms. The molecule has 0 aliphatic rings. The van der Waals surface area contributed by atoms with Gasteiger partial charge in [-0.1, -0.05) is 31.2 Å². The van der Waals surface area contributed by atoms with Crippen molar-refractivity contribution in [3.8, 4) is 0 Å². The number of carbonyl (C=O) groups excluding carboxylic acids is 1. The number of carbonyl (C=O) groups is 1. The largest absolute Gasteiger partial charge is 0.303 e. The minimum atomic E-state index is 0.119. The molecule has 1 aromatic carbocycles. The second-order valence-corrected chi connectivity index (χ2v) is 4.15. The number of hydrogen-bond donors (Lipinski definition) is 0. The Labute approximate surface area is 95.3 Å². The Morgan fingerprint density at radius 2 is 2.06 bits per heavy atom. The molecule has 0 radical (unpaired) electrons.